The Labute approximate surface area is 131 Å². The van der Waals surface area contributed by atoms with Crippen molar-refractivity contribution in [3.05, 3.63) is 21.9 Å². The number of amides is 1. The second kappa shape index (κ2) is 10.4. The van der Waals surface area contributed by atoms with E-state index in [1.165, 1.54) is 30.6 Å². The van der Waals surface area contributed by atoms with Crippen LogP contribution in [0, 0.1) is 17.8 Å². The second-order valence-corrected chi connectivity index (χ2v) is 5.98. The topological polar surface area (TPSA) is 49.3 Å². The lowest BCUT2D eigenvalue weighted by Gasteiger charge is -2.14. The maximum Gasteiger partial charge on any atom is 0.262 e. The monoisotopic (exact) mass is 307 g/mol. The fraction of sp³-hybridized carbons (Fsp3) is 0.588. The van der Waals surface area contributed by atoms with E-state index in [0.29, 0.717) is 17.2 Å². The van der Waals surface area contributed by atoms with Crippen molar-refractivity contribution in [2.45, 2.75) is 46.0 Å². The number of carbonyl (C=O) groups is 1. The van der Waals surface area contributed by atoms with Gasteiger partial charge in [-0.1, -0.05) is 45.0 Å². The fourth-order valence-corrected chi connectivity index (χ4v) is 2.82. The van der Waals surface area contributed by atoms with Crippen LogP contribution in [0.5, 0.6) is 0 Å². The van der Waals surface area contributed by atoms with Crippen LogP contribution in [-0.2, 0) is 0 Å². The molecule has 1 aromatic rings. The number of thiophene rings is 1. The highest BCUT2D eigenvalue weighted by molar-refractivity contribution is 7.12. The zero-order valence-corrected chi connectivity index (χ0v) is 13.8. The normalized spacial score (nSPS) is 11.6. The van der Waals surface area contributed by atoms with Gasteiger partial charge in [0.2, 0.25) is 0 Å². The van der Waals surface area contributed by atoms with Gasteiger partial charge in [0.25, 0.3) is 5.91 Å². The zero-order chi connectivity index (χ0) is 15.5. The van der Waals surface area contributed by atoms with Gasteiger partial charge in [-0.05, 0) is 23.8 Å². The summed E-state index contributed by atoms with van der Waals surface area (Å²) < 4.78 is 0. The van der Waals surface area contributed by atoms with Gasteiger partial charge in [-0.2, -0.15) is 0 Å². The van der Waals surface area contributed by atoms with Gasteiger partial charge in [0.1, 0.15) is 4.88 Å². The third kappa shape index (κ3) is 6.33. The van der Waals surface area contributed by atoms with Crippen LogP contribution in [-0.4, -0.2) is 24.2 Å². The average Bonchev–Trinajstić information content (AvgIpc) is 2.96. The van der Waals surface area contributed by atoms with E-state index in [1.54, 1.807) is 0 Å². The molecule has 0 aliphatic carbocycles. The van der Waals surface area contributed by atoms with E-state index in [4.69, 9.17) is 5.11 Å². The molecule has 0 saturated heterocycles. The number of unbranched alkanes of at least 4 members (excludes halogenated alkanes) is 1. The summed E-state index contributed by atoms with van der Waals surface area (Å²) in [6, 6.07) is 1.86. The molecule has 0 aliphatic heterocycles. The lowest BCUT2D eigenvalue weighted by Crippen LogP contribution is -2.29. The number of rotatable bonds is 8. The maximum absolute atomic E-state index is 12.2. The summed E-state index contributed by atoms with van der Waals surface area (Å²) in [6.07, 6.45) is 5.10. The molecule has 0 aliphatic rings. The van der Waals surface area contributed by atoms with Crippen molar-refractivity contribution in [1.82, 2.24) is 5.32 Å². The minimum Gasteiger partial charge on any atom is -0.395 e. The quantitative estimate of drug-likeness (QED) is 0.723. The number of aliphatic hydroxyl groups excluding tert-OH is 1. The van der Waals surface area contributed by atoms with Crippen LogP contribution in [0.2, 0.25) is 0 Å². The molecule has 0 aromatic carbocycles. The first kappa shape index (κ1) is 17.7. The molecule has 2 N–H and O–H groups in total. The van der Waals surface area contributed by atoms with Gasteiger partial charge in [-0.25, -0.2) is 0 Å². The molecule has 0 fully saturated rings. The van der Waals surface area contributed by atoms with Crippen LogP contribution >= 0.6 is 11.3 Å². The Morgan fingerprint density at radius 2 is 2.29 bits per heavy atom. The van der Waals surface area contributed by atoms with Crippen LogP contribution in [0.4, 0.5) is 0 Å². The van der Waals surface area contributed by atoms with E-state index in [1.807, 2.05) is 11.4 Å². The van der Waals surface area contributed by atoms with Gasteiger partial charge < -0.3 is 10.4 Å². The summed E-state index contributed by atoms with van der Waals surface area (Å²) in [7, 11) is 0. The molecule has 1 rings (SSSR count). The second-order valence-electron chi connectivity index (χ2n) is 5.07. The third-order valence-corrected chi connectivity index (χ3v) is 4.34. The van der Waals surface area contributed by atoms with E-state index in [0.717, 1.165) is 18.5 Å². The largest absolute Gasteiger partial charge is 0.395 e. The van der Waals surface area contributed by atoms with Gasteiger partial charge in [-0.3, -0.25) is 4.79 Å². The van der Waals surface area contributed by atoms with Crippen LogP contribution in [0.25, 0.3) is 0 Å². The van der Waals surface area contributed by atoms with Crippen molar-refractivity contribution >= 4 is 17.2 Å². The predicted molar refractivity (Wildman–Crippen MR) is 88.5 cm³/mol. The van der Waals surface area contributed by atoms with Gasteiger partial charge in [0.15, 0.2) is 0 Å². The van der Waals surface area contributed by atoms with Crippen LogP contribution in [0.1, 0.15) is 61.2 Å². The molecule has 21 heavy (non-hydrogen) atoms. The predicted octanol–water partition coefficient (Wildman–Crippen LogP) is 3.43. The van der Waals surface area contributed by atoms with Crippen molar-refractivity contribution in [2.24, 2.45) is 5.92 Å². The number of hydrogen-bond donors (Lipinski definition) is 2. The zero-order valence-electron chi connectivity index (χ0n) is 12.9. The molecule has 0 radical (unpaired) electrons. The minimum absolute atomic E-state index is 0.0340. The lowest BCUT2D eigenvalue weighted by atomic mass is 9.99. The first-order valence-electron chi connectivity index (χ1n) is 7.68. The molecular weight excluding hydrogens is 282 g/mol. The summed E-state index contributed by atoms with van der Waals surface area (Å²) in [5, 5.41) is 13.6. The number of hydrogen-bond acceptors (Lipinski definition) is 3. The molecule has 4 heteroatoms. The molecule has 3 nitrogen and oxygen atoms in total. The fourth-order valence-electron chi connectivity index (χ4n) is 2.06. The van der Waals surface area contributed by atoms with Crippen molar-refractivity contribution in [1.29, 1.82) is 0 Å². The van der Waals surface area contributed by atoms with E-state index in [2.05, 4.69) is 31.0 Å². The van der Waals surface area contributed by atoms with Gasteiger partial charge in [-0.15, -0.1) is 11.3 Å². The van der Waals surface area contributed by atoms with Crippen LogP contribution < -0.4 is 5.32 Å². The standard InChI is InChI=1S/C17H25NO2S/c1-3-5-8-14(4-2)13-18-17(20)16-15(10-12-21-16)9-6-7-11-19/h10,12,14,19H,3-5,7-8,11,13H2,1-2H3,(H,18,20). The molecule has 1 unspecified atom stereocenters. The number of carbonyl (C=O) groups excluding carboxylic acids is 1. The third-order valence-electron chi connectivity index (χ3n) is 3.43. The first-order chi connectivity index (χ1) is 10.2. The van der Waals surface area contributed by atoms with Crippen molar-refractivity contribution in [3.63, 3.8) is 0 Å². The van der Waals surface area contributed by atoms with Crippen LogP contribution in [0.15, 0.2) is 11.4 Å². The summed E-state index contributed by atoms with van der Waals surface area (Å²) in [5.41, 5.74) is 0.757. The van der Waals surface area contributed by atoms with E-state index >= 15 is 0 Å². The SMILES string of the molecule is CCCCC(CC)CNC(=O)c1sccc1C#CCCO. The van der Waals surface area contributed by atoms with Gasteiger partial charge in [0, 0.05) is 18.5 Å². The maximum atomic E-state index is 12.2. The number of aliphatic hydroxyl groups is 1. The van der Waals surface area contributed by atoms with E-state index in [-0.39, 0.29) is 12.5 Å². The molecule has 1 aromatic heterocycles. The minimum atomic E-state index is -0.0340. The summed E-state index contributed by atoms with van der Waals surface area (Å²) in [4.78, 5) is 12.9. The molecule has 0 bridgehead atoms. The highest BCUT2D eigenvalue weighted by Gasteiger charge is 2.13. The van der Waals surface area contributed by atoms with Crippen molar-refractivity contribution < 1.29 is 9.90 Å². The first-order valence-corrected chi connectivity index (χ1v) is 8.56. The summed E-state index contributed by atoms with van der Waals surface area (Å²) in [5.74, 6) is 6.33. The highest BCUT2D eigenvalue weighted by Crippen LogP contribution is 2.17. The van der Waals surface area contributed by atoms with Crippen molar-refractivity contribution in [2.75, 3.05) is 13.2 Å². The molecule has 1 heterocycles. The Balaban J connectivity index is 2.56. The lowest BCUT2D eigenvalue weighted by molar-refractivity contribution is 0.0949. The smallest absolute Gasteiger partial charge is 0.262 e. The Morgan fingerprint density at radius 1 is 1.48 bits per heavy atom. The molecular formula is C17H25NO2S. The number of nitrogens with one attached hydrogen (secondary N) is 1. The molecule has 1 amide bonds. The Morgan fingerprint density at radius 3 is 2.95 bits per heavy atom. The molecule has 0 spiro atoms. The Hall–Kier alpha value is -1.31. The van der Waals surface area contributed by atoms with Gasteiger partial charge >= 0.3 is 0 Å². The molecule has 0 saturated carbocycles. The highest BCUT2D eigenvalue weighted by atomic mass is 32.1. The summed E-state index contributed by atoms with van der Waals surface area (Å²) >= 11 is 1.42. The van der Waals surface area contributed by atoms with E-state index < -0.39 is 0 Å². The van der Waals surface area contributed by atoms with Crippen LogP contribution in [0.3, 0.4) is 0 Å². The molecule has 116 valence electrons. The van der Waals surface area contributed by atoms with Gasteiger partial charge in [0.05, 0.1) is 6.61 Å². The average molecular weight is 307 g/mol. The van der Waals surface area contributed by atoms with E-state index in [9.17, 15) is 4.79 Å². The Kier molecular flexibility index (Phi) is 8.80. The van der Waals surface area contributed by atoms with Crippen molar-refractivity contribution in [3.8, 4) is 11.8 Å². The summed E-state index contributed by atoms with van der Waals surface area (Å²) in [6.45, 7) is 5.14. The Bertz CT molecular complexity index is 484. The molecule has 1 atom stereocenters.